The van der Waals surface area contributed by atoms with Crippen LogP contribution in [0.1, 0.15) is 21.8 Å². The minimum absolute atomic E-state index is 0.721. The molecule has 134 valence electrons. The van der Waals surface area contributed by atoms with Crippen molar-refractivity contribution < 1.29 is 0 Å². The third-order valence-corrected chi connectivity index (χ3v) is 6.03. The van der Waals surface area contributed by atoms with Crippen LogP contribution in [-0.2, 0) is 6.42 Å². The van der Waals surface area contributed by atoms with E-state index >= 15 is 0 Å². The van der Waals surface area contributed by atoms with E-state index in [4.69, 9.17) is 0 Å². The van der Waals surface area contributed by atoms with Crippen molar-refractivity contribution in [1.29, 1.82) is 0 Å². The van der Waals surface area contributed by atoms with Crippen molar-refractivity contribution in [2.24, 2.45) is 10.1 Å². The normalized spacial score (nSPS) is 15.9. The predicted octanol–water partition coefficient (Wildman–Crippen LogP) is 2.91. The van der Waals surface area contributed by atoms with Crippen molar-refractivity contribution in [3.63, 3.8) is 0 Å². The molecule has 0 aliphatic carbocycles. The van der Waals surface area contributed by atoms with Gasteiger partial charge in [-0.25, -0.2) is 5.10 Å². The largest absolute Gasteiger partial charge is 0.287 e. The Bertz CT molecular complexity index is 936. The molecule has 0 aromatic carbocycles. The Labute approximate surface area is 159 Å². The molecule has 0 spiro atoms. The molecule has 3 aromatic heterocycles. The van der Waals surface area contributed by atoms with Gasteiger partial charge in [0.2, 0.25) is 5.95 Å². The van der Waals surface area contributed by atoms with E-state index in [2.05, 4.69) is 72.7 Å². The van der Waals surface area contributed by atoms with Crippen molar-refractivity contribution in [3.05, 3.63) is 51.7 Å². The summed E-state index contributed by atoms with van der Waals surface area (Å²) in [5.74, 6) is 1.52. The van der Waals surface area contributed by atoms with Crippen LogP contribution in [-0.4, -0.2) is 42.9 Å². The number of nitrogens with one attached hydrogen (secondary N) is 2. The lowest BCUT2D eigenvalue weighted by atomic mass is 10.1. The van der Waals surface area contributed by atoms with Crippen molar-refractivity contribution in [3.8, 4) is 5.95 Å². The molecule has 0 atom stereocenters. The molecule has 9 heteroatoms. The third-order valence-electron chi connectivity index (χ3n) is 4.18. The molecule has 0 saturated carbocycles. The summed E-state index contributed by atoms with van der Waals surface area (Å²) in [7, 11) is 0. The molecule has 0 unspecified atom stereocenters. The third kappa shape index (κ3) is 3.45. The average Bonchev–Trinajstić information content (AvgIpc) is 3.38. The van der Waals surface area contributed by atoms with Gasteiger partial charge in [-0.2, -0.15) is 15.2 Å². The summed E-state index contributed by atoms with van der Waals surface area (Å²) < 4.78 is 2.06. The lowest BCUT2D eigenvalue weighted by Gasteiger charge is -2.15. The van der Waals surface area contributed by atoms with Crippen LogP contribution in [0.5, 0.6) is 0 Å². The molecule has 7 nitrogen and oxygen atoms in total. The number of aromatic amines is 1. The highest BCUT2D eigenvalue weighted by Crippen LogP contribution is 2.22. The molecule has 26 heavy (non-hydrogen) atoms. The Kier molecular flexibility index (Phi) is 4.89. The minimum atomic E-state index is 0.721. The number of aliphatic imine (C=N–C) groups is 1. The fourth-order valence-corrected chi connectivity index (χ4v) is 4.43. The van der Waals surface area contributed by atoms with Gasteiger partial charge in [-0.05, 0) is 31.4 Å². The molecule has 1 aliphatic heterocycles. The minimum Gasteiger partial charge on any atom is -0.287 e. The second kappa shape index (κ2) is 7.46. The van der Waals surface area contributed by atoms with Crippen molar-refractivity contribution in [2.75, 3.05) is 12.3 Å². The number of thioether (sulfide) groups is 1. The molecular formula is C17H19N7S2. The summed E-state index contributed by atoms with van der Waals surface area (Å²) in [6.07, 6.45) is 2.49. The molecule has 0 fully saturated rings. The van der Waals surface area contributed by atoms with Crippen LogP contribution in [0, 0.1) is 13.8 Å². The van der Waals surface area contributed by atoms with Crippen LogP contribution in [0.4, 0.5) is 0 Å². The number of aryl methyl sites for hydroxylation is 1. The zero-order valence-corrected chi connectivity index (χ0v) is 16.2. The molecule has 3 aromatic rings. The Hall–Kier alpha value is -2.39. The lowest BCUT2D eigenvalue weighted by Crippen LogP contribution is -2.26. The van der Waals surface area contributed by atoms with Gasteiger partial charge in [-0.1, -0.05) is 17.8 Å². The fraction of sp³-hybridized carbons (Fsp3) is 0.294. The number of hydrogen-bond acceptors (Lipinski definition) is 6. The standard InChI is InChI=1S/C17H19N7S2/c1-11-8-14(12(2)24(11)16-19-10-20-22-16)15-9-26-17(23-21-15)18-6-5-13-4-3-7-25-13/h3-4,7-8,10H,5-6,9H2,1-2H3,(H,18,23)(H,19,20,22). The van der Waals surface area contributed by atoms with Gasteiger partial charge in [0.25, 0.3) is 0 Å². The first-order chi connectivity index (χ1) is 12.7. The van der Waals surface area contributed by atoms with E-state index in [0.717, 1.165) is 52.5 Å². The SMILES string of the molecule is Cc1cc(C2=NNC(=NCCc3cccs3)SC2)c(C)n1-c1ncn[nH]1. The number of rotatable bonds is 5. The topological polar surface area (TPSA) is 83.2 Å². The maximum absolute atomic E-state index is 4.61. The zero-order valence-electron chi connectivity index (χ0n) is 14.6. The smallest absolute Gasteiger partial charge is 0.229 e. The number of amidine groups is 1. The van der Waals surface area contributed by atoms with Gasteiger partial charge in [0, 0.05) is 40.5 Å². The Balaban J connectivity index is 1.47. The number of H-pyrrole nitrogens is 1. The Morgan fingerprint density at radius 3 is 2.96 bits per heavy atom. The van der Waals surface area contributed by atoms with Crippen LogP contribution in [0.25, 0.3) is 5.95 Å². The van der Waals surface area contributed by atoms with Crippen LogP contribution in [0.2, 0.25) is 0 Å². The molecule has 1 aliphatic rings. The van der Waals surface area contributed by atoms with Crippen molar-refractivity contribution in [1.82, 2.24) is 25.2 Å². The first kappa shape index (κ1) is 17.0. The van der Waals surface area contributed by atoms with Crippen molar-refractivity contribution in [2.45, 2.75) is 20.3 Å². The van der Waals surface area contributed by atoms with Crippen LogP contribution in [0.15, 0.2) is 40.0 Å². The Morgan fingerprint density at radius 1 is 1.35 bits per heavy atom. The zero-order chi connectivity index (χ0) is 17.9. The summed E-state index contributed by atoms with van der Waals surface area (Å²) >= 11 is 3.46. The summed E-state index contributed by atoms with van der Waals surface area (Å²) in [4.78, 5) is 10.2. The van der Waals surface area contributed by atoms with Crippen LogP contribution < -0.4 is 5.43 Å². The molecule has 0 saturated heterocycles. The molecule has 4 heterocycles. The van der Waals surface area contributed by atoms with Crippen molar-refractivity contribution >= 4 is 34.0 Å². The molecule has 2 N–H and O–H groups in total. The molecule has 0 bridgehead atoms. The van der Waals surface area contributed by atoms with Gasteiger partial charge in [-0.15, -0.1) is 11.3 Å². The van der Waals surface area contributed by atoms with E-state index in [1.165, 1.54) is 11.2 Å². The summed E-state index contributed by atoms with van der Waals surface area (Å²) in [5.41, 5.74) is 7.43. The summed E-state index contributed by atoms with van der Waals surface area (Å²) in [6, 6.07) is 6.36. The van der Waals surface area contributed by atoms with Gasteiger partial charge in [-0.3, -0.25) is 15.0 Å². The maximum Gasteiger partial charge on any atom is 0.229 e. The second-order valence-electron chi connectivity index (χ2n) is 5.90. The number of hydrazone groups is 1. The predicted molar refractivity (Wildman–Crippen MR) is 108 cm³/mol. The molecule has 4 rings (SSSR count). The van der Waals surface area contributed by atoms with Gasteiger partial charge >= 0.3 is 0 Å². The van der Waals surface area contributed by atoms with Gasteiger partial charge in [0.05, 0.1) is 5.71 Å². The van der Waals surface area contributed by atoms with E-state index in [0.29, 0.717) is 0 Å². The highest BCUT2D eigenvalue weighted by molar-refractivity contribution is 8.14. The monoisotopic (exact) mass is 385 g/mol. The van der Waals surface area contributed by atoms with E-state index in [1.807, 2.05) is 0 Å². The van der Waals surface area contributed by atoms with Crippen LogP contribution in [0.3, 0.4) is 0 Å². The van der Waals surface area contributed by atoms with Crippen LogP contribution >= 0.6 is 23.1 Å². The fourth-order valence-electron chi connectivity index (χ4n) is 2.95. The first-order valence-corrected chi connectivity index (χ1v) is 10.2. The van der Waals surface area contributed by atoms with E-state index in [1.54, 1.807) is 23.1 Å². The van der Waals surface area contributed by atoms with Gasteiger partial charge in [0.1, 0.15) is 6.33 Å². The van der Waals surface area contributed by atoms with E-state index < -0.39 is 0 Å². The molecule has 0 amide bonds. The summed E-state index contributed by atoms with van der Waals surface area (Å²) in [5, 5.41) is 14.4. The number of thiophene rings is 1. The van der Waals surface area contributed by atoms with E-state index in [9.17, 15) is 0 Å². The summed E-state index contributed by atoms with van der Waals surface area (Å²) in [6.45, 7) is 4.91. The second-order valence-corrected chi connectivity index (χ2v) is 7.90. The number of nitrogens with zero attached hydrogens (tertiary/aromatic N) is 5. The molecular weight excluding hydrogens is 366 g/mol. The Morgan fingerprint density at radius 2 is 2.27 bits per heavy atom. The van der Waals surface area contributed by atoms with Gasteiger partial charge in [0.15, 0.2) is 5.17 Å². The highest BCUT2D eigenvalue weighted by atomic mass is 32.2. The number of hydrogen-bond donors (Lipinski definition) is 2. The van der Waals surface area contributed by atoms with Gasteiger partial charge < -0.3 is 0 Å². The quantitative estimate of drug-likeness (QED) is 0.707. The highest BCUT2D eigenvalue weighted by Gasteiger charge is 2.19. The first-order valence-electron chi connectivity index (χ1n) is 8.29. The number of aromatic nitrogens is 4. The maximum atomic E-state index is 4.61. The lowest BCUT2D eigenvalue weighted by molar-refractivity contribution is 0.877. The average molecular weight is 386 g/mol. The molecule has 0 radical (unpaired) electrons. The van der Waals surface area contributed by atoms with E-state index in [-0.39, 0.29) is 0 Å².